The summed E-state index contributed by atoms with van der Waals surface area (Å²) in [5.74, 6) is -0.645. The molecule has 100 valence electrons. The lowest BCUT2D eigenvalue weighted by molar-refractivity contribution is 0.100. The highest BCUT2D eigenvalue weighted by Crippen LogP contribution is 2.12. The minimum absolute atomic E-state index is 0. The van der Waals surface area contributed by atoms with Gasteiger partial charge in [0.05, 0.1) is 0 Å². The van der Waals surface area contributed by atoms with E-state index in [1.807, 2.05) is 41.2 Å². The number of hydrogen-bond donors (Lipinski definition) is 2. The fourth-order valence-corrected chi connectivity index (χ4v) is 1.72. The van der Waals surface area contributed by atoms with E-state index in [9.17, 15) is 4.79 Å². The van der Waals surface area contributed by atoms with Gasteiger partial charge >= 0.3 is 0 Å². The highest BCUT2D eigenvalue weighted by molar-refractivity contribution is 6.02. The van der Waals surface area contributed by atoms with Crippen LogP contribution >= 0.6 is 12.4 Å². The van der Waals surface area contributed by atoms with Crippen molar-refractivity contribution >= 4 is 24.3 Å². The molecule has 0 aliphatic heterocycles. The van der Waals surface area contributed by atoms with E-state index in [2.05, 4.69) is 4.99 Å². The molecule has 0 bridgehead atoms. The number of guanidine groups is 1. The quantitative estimate of drug-likeness (QED) is 0.657. The number of carbonyl (C=O) groups is 1. The molecule has 0 spiro atoms. The van der Waals surface area contributed by atoms with E-state index in [0.29, 0.717) is 12.1 Å². The highest BCUT2D eigenvalue weighted by Gasteiger charge is 2.10. The Hall–Kier alpha value is -2.27. The van der Waals surface area contributed by atoms with E-state index in [1.165, 1.54) is 0 Å². The average Bonchev–Trinajstić information content (AvgIpc) is 2.81. The van der Waals surface area contributed by atoms with Crippen molar-refractivity contribution in [2.45, 2.75) is 6.54 Å². The van der Waals surface area contributed by atoms with Gasteiger partial charge in [-0.25, -0.2) is 0 Å². The Labute approximate surface area is 117 Å². The van der Waals surface area contributed by atoms with Crippen LogP contribution in [0.2, 0.25) is 0 Å². The number of aromatic nitrogens is 1. The zero-order chi connectivity index (χ0) is 13.0. The number of nitrogens with two attached hydrogens (primary N) is 2. The Balaban J connectivity index is 0.00000180. The van der Waals surface area contributed by atoms with Crippen molar-refractivity contribution in [3.05, 3.63) is 59.9 Å². The molecule has 5 nitrogen and oxygen atoms in total. The lowest BCUT2D eigenvalue weighted by Crippen LogP contribution is -2.24. The summed E-state index contributed by atoms with van der Waals surface area (Å²) in [6.07, 6.45) is 3.86. The Morgan fingerprint density at radius 1 is 1.11 bits per heavy atom. The molecule has 0 atom stereocenters. The molecule has 0 saturated carbocycles. The third-order valence-corrected chi connectivity index (χ3v) is 2.50. The van der Waals surface area contributed by atoms with Crippen molar-refractivity contribution in [2.24, 2.45) is 16.5 Å². The number of aliphatic imine (C=N–C) groups is 1. The highest BCUT2D eigenvalue weighted by atomic mass is 35.5. The van der Waals surface area contributed by atoms with Gasteiger partial charge in [0.2, 0.25) is 0 Å². The van der Waals surface area contributed by atoms with Gasteiger partial charge in [0.15, 0.2) is 5.96 Å². The molecule has 1 heterocycles. The summed E-state index contributed by atoms with van der Waals surface area (Å²) in [5.41, 5.74) is 11.8. The summed E-state index contributed by atoms with van der Waals surface area (Å²) in [6.45, 7) is 0.606. The standard InChI is InChI=1S/C13H14N4O.ClH/c14-13(15)16-12(18)11-6-2-1-5-10(11)9-17-7-3-4-8-17;/h1-8H,9H2,(H4,14,15,16,18);1H. The average molecular weight is 279 g/mol. The predicted octanol–water partition coefficient (Wildman–Crippen LogP) is 1.37. The molecular formula is C13H15ClN4O. The Morgan fingerprint density at radius 3 is 2.37 bits per heavy atom. The van der Waals surface area contributed by atoms with E-state index in [0.717, 1.165) is 5.56 Å². The molecule has 6 heteroatoms. The van der Waals surface area contributed by atoms with Gasteiger partial charge < -0.3 is 16.0 Å². The van der Waals surface area contributed by atoms with Crippen LogP contribution in [0, 0.1) is 0 Å². The van der Waals surface area contributed by atoms with Gasteiger partial charge in [0, 0.05) is 24.5 Å². The van der Waals surface area contributed by atoms with Crippen LogP contribution in [0.5, 0.6) is 0 Å². The van der Waals surface area contributed by atoms with Gasteiger partial charge in [-0.2, -0.15) is 4.99 Å². The van der Waals surface area contributed by atoms with Gasteiger partial charge in [-0.3, -0.25) is 4.79 Å². The second-order valence-electron chi connectivity index (χ2n) is 3.85. The normalized spacial score (nSPS) is 9.47. The Kier molecular flexibility index (Phi) is 5.14. The lowest BCUT2D eigenvalue weighted by Gasteiger charge is -2.07. The first-order chi connectivity index (χ1) is 8.66. The van der Waals surface area contributed by atoms with Crippen LogP contribution < -0.4 is 11.5 Å². The number of nitrogens with zero attached hydrogens (tertiary/aromatic N) is 2. The van der Waals surface area contributed by atoms with Crippen LogP contribution in [-0.2, 0) is 6.54 Å². The number of amides is 1. The SMILES string of the molecule is Cl.NC(N)=NC(=O)c1ccccc1Cn1cccc1. The zero-order valence-electron chi connectivity index (χ0n) is 10.2. The molecule has 0 fully saturated rings. The first kappa shape index (κ1) is 14.8. The van der Waals surface area contributed by atoms with Crippen LogP contribution in [0.4, 0.5) is 0 Å². The van der Waals surface area contributed by atoms with E-state index >= 15 is 0 Å². The van der Waals surface area contributed by atoms with Crippen molar-refractivity contribution in [3.63, 3.8) is 0 Å². The summed E-state index contributed by atoms with van der Waals surface area (Å²) < 4.78 is 1.97. The summed E-state index contributed by atoms with van der Waals surface area (Å²) >= 11 is 0. The monoisotopic (exact) mass is 278 g/mol. The molecule has 19 heavy (non-hydrogen) atoms. The third kappa shape index (κ3) is 3.86. The summed E-state index contributed by atoms with van der Waals surface area (Å²) in [6, 6.07) is 11.1. The van der Waals surface area contributed by atoms with Crippen LogP contribution in [-0.4, -0.2) is 16.4 Å². The summed E-state index contributed by atoms with van der Waals surface area (Å²) in [4.78, 5) is 15.4. The van der Waals surface area contributed by atoms with Crippen LogP contribution in [0.25, 0.3) is 0 Å². The molecule has 0 unspecified atom stereocenters. The number of rotatable bonds is 3. The van der Waals surface area contributed by atoms with E-state index in [4.69, 9.17) is 11.5 Å². The zero-order valence-corrected chi connectivity index (χ0v) is 11.0. The number of halogens is 1. The molecular weight excluding hydrogens is 264 g/mol. The van der Waals surface area contributed by atoms with Gasteiger partial charge in [-0.1, -0.05) is 18.2 Å². The summed E-state index contributed by atoms with van der Waals surface area (Å²) in [5, 5.41) is 0. The fraction of sp³-hybridized carbons (Fsp3) is 0.0769. The van der Waals surface area contributed by atoms with E-state index < -0.39 is 5.91 Å². The first-order valence-corrected chi connectivity index (χ1v) is 5.49. The minimum atomic E-state index is -0.419. The molecule has 1 aromatic carbocycles. The number of benzene rings is 1. The van der Waals surface area contributed by atoms with Crippen molar-refractivity contribution < 1.29 is 4.79 Å². The molecule has 2 aromatic rings. The Bertz CT molecular complexity index is 574. The molecule has 0 aliphatic rings. The first-order valence-electron chi connectivity index (χ1n) is 5.49. The number of hydrogen-bond acceptors (Lipinski definition) is 1. The van der Waals surface area contributed by atoms with Crippen molar-refractivity contribution in [1.82, 2.24) is 4.57 Å². The van der Waals surface area contributed by atoms with E-state index in [1.54, 1.807) is 12.1 Å². The second-order valence-corrected chi connectivity index (χ2v) is 3.85. The topological polar surface area (TPSA) is 86.4 Å². The van der Waals surface area contributed by atoms with Crippen LogP contribution in [0.15, 0.2) is 53.8 Å². The van der Waals surface area contributed by atoms with E-state index in [-0.39, 0.29) is 18.4 Å². The fourth-order valence-electron chi connectivity index (χ4n) is 1.72. The van der Waals surface area contributed by atoms with Crippen molar-refractivity contribution in [3.8, 4) is 0 Å². The van der Waals surface area contributed by atoms with Crippen molar-refractivity contribution in [2.75, 3.05) is 0 Å². The molecule has 1 amide bonds. The maximum Gasteiger partial charge on any atom is 0.280 e. The van der Waals surface area contributed by atoms with Crippen LogP contribution in [0.1, 0.15) is 15.9 Å². The lowest BCUT2D eigenvalue weighted by atomic mass is 10.1. The molecule has 0 aliphatic carbocycles. The molecule has 2 rings (SSSR count). The molecule has 0 saturated heterocycles. The molecule has 4 N–H and O–H groups in total. The Morgan fingerprint density at radius 2 is 1.74 bits per heavy atom. The maximum atomic E-state index is 11.8. The maximum absolute atomic E-state index is 11.8. The summed E-state index contributed by atoms with van der Waals surface area (Å²) in [7, 11) is 0. The third-order valence-electron chi connectivity index (χ3n) is 2.50. The molecule has 1 aromatic heterocycles. The van der Waals surface area contributed by atoms with Crippen LogP contribution in [0.3, 0.4) is 0 Å². The minimum Gasteiger partial charge on any atom is -0.370 e. The van der Waals surface area contributed by atoms with Gasteiger partial charge in [0.25, 0.3) is 5.91 Å². The largest absolute Gasteiger partial charge is 0.370 e. The second kappa shape index (κ2) is 6.61. The predicted molar refractivity (Wildman–Crippen MR) is 77.4 cm³/mol. The molecule has 0 radical (unpaired) electrons. The van der Waals surface area contributed by atoms with Gasteiger partial charge in [0.1, 0.15) is 0 Å². The van der Waals surface area contributed by atoms with Gasteiger partial charge in [-0.15, -0.1) is 12.4 Å². The van der Waals surface area contributed by atoms with Crippen molar-refractivity contribution in [1.29, 1.82) is 0 Å². The number of carbonyl (C=O) groups excluding carboxylic acids is 1. The van der Waals surface area contributed by atoms with Gasteiger partial charge in [-0.05, 0) is 23.8 Å². The smallest absolute Gasteiger partial charge is 0.280 e.